The standard InChI is InChI=1S/C10H8O6/c1-3-7(11)15-9(13)5-6-10(14)16-8(12)4-2/h3-6H,1-2H2/b6-5-. The van der Waals surface area contributed by atoms with Gasteiger partial charge in [-0.15, -0.1) is 0 Å². The number of ether oxygens (including phenoxy) is 2. The molecule has 0 aromatic heterocycles. The van der Waals surface area contributed by atoms with Crippen molar-refractivity contribution in [2.24, 2.45) is 0 Å². The van der Waals surface area contributed by atoms with Crippen molar-refractivity contribution in [3.05, 3.63) is 37.5 Å². The number of hydrogen-bond acceptors (Lipinski definition) is 6. The van der Waals surface area contributed by atoms with Crippen LogP contribution >= 0.6 is 0 Å². The van der Waals surface area contributed by atoms with E-state index in [2.05, 4.69) is 22.6 Å². The third kappa shape index (κ3) is 6.03. The number of hydrogen-bond donors (Lipinski definition) is 0. The topological polar surface area (TPSA) is 86.7 Å². The van der Waals surface area contributed by atoms with Gasteiger partial charge < -0.3 is 9.47 Å². The first-order valence-electron chi connectivity index (χ1n) is 3.94. The van der Waals surface area contributed by atoms with Gasteiger partial charge >= 0.3 is 23.9 Å². The highest BCUT2D eigenvalue weighted by Gasteiger charge is 2.06. The Morgan fingerprint density at radius 1 is 0.688 bits per heavy atom. The monoisotopic (exact) mass is 224 g/mol. The first-order valence-corrected chi connectivity index (χ1v) is 3.94. The number of carbonyl (C=O) groups is 4. The molecule has 0 aromatic rings. The van der Waals surface area contributed by atoms with Crippen LogP contribution in [0.4, 0.5) is 0 Å². The summed E-state index contributed by atoms with van der Waals surface area (Å²) in [4.78, 5) is 42.6. The Kier molecular flexibility index (Phi) is 5.81. The summed E-state index contributed by atoms with van der Waals surface area (Å²) in [6, 6.07) is 0. The summed E-state index contributed by atoms with van der Waals surface area (Å²) in [5.74, 6) is -4.06. The van der Waals surface area contributed by atoms with E-state index in [4.69, 9.17) is 0 Å². The number of esters is 4. The van der Waals surface area contributed by atoms with Crippen LogP contribution in [0.25, 0.3) is 0 Å². The van der Waals surface area contributed by atoms with Gasteiger partial charge in [-0.25, -0.2) is 19.2 Å². The van der Waals surface area contributed by atoms with Crippen molar-refractivity contribution in [2.75, 3.05) is 0 Å². The Labute approximate surface area is 90.8 Å². The molecule has 0 bridgehead atoms. The van der Waals surface area contributed by atoms with Crippen molar-refractivity contribution in [3.8, 4) is 0 Å². The lowest BCUT2D eigenvalue weighted by molar-refractivity contribution is -0.155. The van der Waals surface area contributed by atoms with E-state index < -0.39 is 23.9 Å². The van der Waals surface area contributed by atoms with Gasteiger partial charge in [-0.2, -0.15) is 0 Å². The molecule has 0 saturated carbocycles. The van der Waals surface area contributed by atoms with E-state index >= 15 is 0 Å². The molecular weight excluding hydrogens is 216 g/mol. The highest BCUT2D eigenvalue weighted by Crippen LogP contribution is 1.88. The highest BCUT2D eigenvalue weighted by molar-refractivity contribution is 6.01. The Balaban J connectivity index is 4.17. The molecule has 6 nitrogen and oxygen atoms in total. The van der Waals surface area contributed by atoms with Gasteiger partial charge in [0.1, 0.15) is 0 Å². The summed E-state index contributed by atoms with van der Waals surface area (Å²) in [5, 5.41) is 0. The number of carbonyl (C=O) groups excluding carboxylic acids is 4. The van der Waals surface area contributed by atoms with Crippen LogP contribution in [0.15, 0.2) is 37.5 Å². The molecule has 0 aliphatic carbocycles. The Morgan fingerprint density at radius 3 is 1.25 bits per heavy atom. The summed E-state index contributed by atoms with van der Waals surface area (Å²) in [6.45, 7) is 6.12. The molecule has 0 fully saturated rings. The fourth-order valence-corrected chi connectivity index (χ4v) is 0.486. The van der Waals surface area contributed by atoms with Gasteiger partial charge in [-0.3, -0.25) is 0 Å². The van der Waals surface area contributed by atoms with Gasteiger partial charge in [0.05, 0.1) is 0 Å². The minimum absolute atomic E-state index is 0.639. The molecule has 84 valence electrons. The molecule has 0 radical (unpaired) electrons. The predicted molar refractivity (Wildman–Crippen MR) is 51.7 cm³/mol. The summed E-state index contributed by atoms with van der Waals surface area (Å²) >= 11 is 0. The summed E-state index contributed by atoms with van der Waals surface area (Å²) in [6.07, 6.45) is 2.84. The van der Waals surface area contributed by atoms with Crippen LogP contribution in [0.5, 0.6) is 0 Å². The van der Waals surface area contributed by atoms with Crippen LogP contribution in [0, 0.1) is 0 Å². The van der Waals surface area contributed by atoms with E-state index in [1.54, 1.807) is 0 Å². The Hall–Kier alpha value is -2.50. The minimum atomic E-state index is -1.08. The van der Waals surface area contributed by atoms with Gasteiger partial charge in [0.25, 0.3) is 0 Å². The SMILES string of the molecule is C=CC(=O)OC(=O)/C=C\C(=O)OC(=O)C=C. The molecular formula is C10H8O6. The molecule has 0 atom stereocenters. The van der Waals surface area contributed by atoms with Crippen molar-refractivity contribution < 1.29 is 28.7 Å². The predicted octanol–water partition coefficient (Wildman–Crippen LogP) is 0.0542. The maximum Gasteiger partial charge on any atom is 0.338 e. The van der Waals surface area contributed by atoms with Gasteiger partial charge in [0.2, 0.25) is 0 Å². The molecule has 6 heteroatoms. The molecule has 16 heavy (non-hydrogen) atoms. The summed E-state index contributed by atoms with van der Waals surface area (Å²) in [5.41, 5.74) is 0. The zero-order chi connectivity index (χ0) is 12.6. The number of rotatable bonds is 4. The van der Waals surface area contributed by atoms with Crippen LogP contribution in [-0.2, 0) is 28.7 Å². The average molecular weight is 224 g/mol. The first-order chi connectivity index (χ1) is 7.49. The van der Waals surface area contributed by atoms with Crippen LogP contribution in [0.3, 0.4) is 0 Å². The van der Waals surface area contributed by atoms with Crippen LogP contribution in [0.2, 0.25) is 0 Å². The Bertz CT molecular complexity index is 341. The van der Waals surface area contributed by atoms with Crippen molar-refractivity contribution in [3.63, 3.8) is 0 Å². The maximum atomic E-state index is 10.8. The first kappa shape index (κ1) is 13.5. The molecule has 0 N–H and O–H groups in total. The summed E-state index contributed by atoms with van der Waals surface area (Å²) < 4.78 is 8.17. The molecule has 0 rings (SSSR count). The van der Waals surface area contributed by atoms with Crippen molar-refractivity contribution >= 4 is 23.9 Å². The molecule has 0 heterocycles. The quantitative estimate of drug-likeness (QED) is 0.381. The lowest BCUT2D eigenvalue weighted by Crippen LogP contribution is -2.10. The van der Waals surface area contributed by atoms with Crippen LogP contribution < -0.4 is 0 Å². The second-order valence-corrected chi connectivity index (χ2v) is 2.22. The third-order valence-electron chi connectivity index (χ3n) is 1.09. The summed E-state index contributed by atoms with van der Waals surface area (Å²) in [7, 11) is 0. The van der Waals surface area contributed by atoms with Crippen molar-refractivity contribution in [2.45, 2.75) is 0 Å². The van der Waals surface area contributed by atoms with E-state index in [0.29, 0.717) is 12.2 Å². The average Bonchev–Trinajstić information content (AvgIpc) is 2.26. The lowest BCUT2D eigenvalue weighted by atomic mass is 10.5. The normalized spacial score (nSPS) is 9.25. The third-order valence-corrected chi connectivity index (χ3v) is 1.09. The molecule has 0 unspecified atom stereocenters. The van der Waals surface area contributed by atoms with E-state index in [1.807, 2.05) is 0 Å². The van der Waals surface area contributed by atoms with Gasteiger partial charge in [0.15, 0.2) is 0 Å². The zero-order valence-electron chi connectivity index (χ0n) is 8.17. The van der Waals surface area contributed by atoms with Gasteiger partial charge in [0, 0.05) is 24.3 Å². The second kappa shape index (κ2) is 6.88. The molecule has 0 aromatic carbocycles. The van der Waals surface area contributed by atoms with E-state index in [9.17, 15) is 19.2 Å². The van der Waals surface area contributed by atoms with E-state index in [1.165, 1.54) is 0 Å². The lowest BCUT2D eigenvalue weighted by Gasteiger charge is -1.94. The van der Waals surface area contributed by atoms with Crippen molar-refractivity contribution in [1.29, 1.82) is 0 Å². The smallest absolute Gasteiger partial charge is 0.338 e. The van der Waals surface area contributed by atoms with Crippen LogP contribution in [-0.4, -0.2) is 23.9 Å². The molecule has 0 saturated heterocycles. The highest BCUT2D eigenvalue weighted by atomic mass is 16.6. The Morgan fingerprint density at radius 2 is 1.00 bits per heavy atom. The largest absolute Gasteiger partial charge is 0.387 e. The minimum Gasteiger partial charge on any atom is -0.387 e. The fourth-order valence-electron chi connectivity index (χ4n) is 0.486. The molecule has 0 aliphatic heterocycles. The molecule has 0 spiro atoms. The zero-order valence-corrected chi connectivity index (χ0v) is 8.17. The molecule has 0 aliphatic rings. The van der Waals surface area contributed by atoms with E-state index in [-0.39, 0.29) is 0 Å². The fraction of sp³-hybridized carbons (Fsp3) is 0. The van der Waals surface area contributed by atoms with E-state index in [0.717, 1.165) is 12.2 Å². The van der Waals surface area contributed by atoms with Crippen molar-refractivity contribution in [1.82, 2.24) is 0 Å². The molecule has 0 amide bonds. The maximum absolute atomic E-state index is 10.8. The van der Waals surface area contributed by atoms with Crippen LogP contribution in [0.1, 0.15) is 0 Å². The van der Waals surface area contributed by atoms with Gasteiger partial charge in [-0.05, 0) is 0 Å². The second-order valence-electron chi connectivity index (χ2n) is 2.22. The van der Waals surface area contributed by atoms with Gasteiger partial charge in [-0.1, -0.05) is 13.2 Å².